The molecule has 98 valence electrons. The minimum atomic E-state index is -0.374. The number of hydrogen-bond donors (Lipinski definition) is 1. The van der Waals surface area contributed by atoms with Gasteiger partial charge in [0.15, 0.2) is 5.75 Å². The van der Waals surface area contributed by atoms with E-state index < -0.39 is 0 Å². The van der Waals surface area contributed by atoms with E-state index in [0.717, 1.165) is 10.0 Å². The zero-order valence-electron chi connectivity index (χ0n) is 9.79. The molecule has 1 aliphatic rings. The van der Waals surface area contributed by atoms with Crippen molar-refractivity contribution in [2.45, 2.75) is 6.10 Å². The quantitative estimate of drug-likeness (QED) is 0.805. The average Bonchev–Trinajstić information content (AvgIpc) is 2.38. The van der Waals surface area contributed by atoms with E-state index in [1.165, 1.54) is 12.1 Å². The molecule has 0 amide bonds. The highest BCUT2D eigenvalue weighted by Gasteiger charge is 2.23. The Balaban J connectivity index is 1.94. The summed E-state index contributed by atoms with van der Waals surface area (Å²) >= 11 is 9.45. The van der Waals surface area contributed by atoms with Crippen LogP contribution in [0, 0.1) is 5.82 Å². The van der Waals surface area contributed by atoms with Crippen LogP contribution in [0.15, 0.2) is 40.9 Å². The van der Waals surface area contributed by atoms with E-state index in [2.05, 4.69) is 21.2 Å². The molecule has 2 nitrogen and oxygen atoms in total. The molecule has 19 heavy (non-hydrogen) atoms. The molecule has 0 spiro atoms. The summed E-state index contributed by atoms with van der Waals surface area (Å²) in [6.45, 7) is 0.573. The Bertz CT molecular complexity index is 635. The fourth-order valence-corrected chi connectivity index (χ4v) is 2.76. The summed E-state index contributed by atoms with van der Waals surface area (Å²) in [7, 11) is 0. The van der Waals surface area contributed by atoms with Gasteiger partial charge in [-0.3, -0.25) is 0 Å². The molecule has 3 rings (SSSR count). The molecule has 0 radical (unpaired) electrons. The fraction of sp³-hybridized carbons (Fsp3) is 0.143. The number of ether oxygens (including phenoxy) is 1. The van der Waals surface area contributed by atoms with Crippen molar-refractivity contribution in [1.29, 1.82) is 0 Å². The Morgan fingerprint density at radius 2 is 2.16 bits per heavy atom. The van der Waals surface area contributed by atoms with Crippen LogP contribution in [0.1, 0.15) is 11.7 Å². The summed E-state index contributed by atoms with van der Waals surface area (Å²) in [6.07, 6.45) is -0.145. The lowest BCUT2D eigenvalue weighted by Gasteiger charge is -2.28. The van der Waals surface area contributed by atoms with E-state index in [9.17, 15) is 4.39 Å². The standard InChI is InChI=1S/C14H10BrClFNO/c15-9-3-1-2-8(4-9)13-7-18-12-6-10(17)5-11(16)14(12)19-13/h1-6,13,18H,7H2. The van der Waals surface area contributed by atoms with E-state index in [0.29, 0.717) is 18.0 Å². The maximum Gasteiger partial charge on any atom is 0.162 e. The van der Waals surface area contributed by atoms with Crippen LogP contribution in [0.3, 0.4) is 0 Å². The first-order valence-electron chi connectivity index (χ1n) is 5.78. The summed E-state index contributed by atoms with van der Waals surface area (Å²) in [4.78, 5) is 0. The van der Waals surface area contributed by atoms with E-state index in [4.69, 9.17) is 16.3 Å². The number of fused-ring (bicyclic) bond motifs is 1. The van der Waals surface area contributed by atoms with Gasteiger partial charge in [-0.2, -0.15) is 0 Å². The third kappa shape index (κ3) is 2.55. The highest BCUT2D eigenvalue weighted by Crippen LogP contribution is 2.40. The molecule has 5 heteroatoms. The second kappa shape index (κ2) is 5.02. The number of anilines is 1. The van der Waals surface area contributed by atoms with E-state index in [-0.39, 0.29) is 16.9 Å². The summed E-state index contributed by atoms with van der Waals surface area (Å²) in [5.74, 6) is 0.125. The van der Waals surface area contributed by atoms with Crippen molar-refractivity contribution < 1.29 is 9.13 Å². The van der Waals surface area contributed by atoms with Crippen LogP contribution in [-0.2, 0) is 0 Å². The molecular weight excluding hydrogens is 333 g/mol. The lowest BCUT2D eigenvalue weighted by atomic mass is 10.1. The Hall–Kier alpha value is -1.26. The van der Waals surface area contributed by atoms with Crippen LogP contribution in [0.5, 0.6) is 5.75 Å². The Morgan fingerprint density at radius 3 is 2.95 bits per heavy atom. The maximum absolute atomic E-state index is 13.2. The largest absolute Gasteiger partial charge is 0.480 e. The summed E-state index contributed by atoms with van der Waals surface area (Å²) < 4.78 is 20.1. The van der Waals surface area contributed by atoms with Crippen molar-refractivity contribution in [3.8, 4) is 5.75 Å². The Kier molecular flexibility index (Phi) is 3.37. The third-order valence-corrected chi connectivity index (χ3v) is 3.74. The van der Waals surface area contributed by atoms with Gasteiger partial charge >= 0.3 is 0 Å². The molecule has 1 atom stereocenters. The normalized spacial score (nSPS) is 17.3. The van der Waals surface area contributed by atoms with Gasteiger partial charge in [0.05, 0.1) is 17.3 Å². The summed E-state index contributed by atoms with van der Waals surface area (Å²) in [5.41, 5.74) is 1.63. The van der Waals surface area contributed by atoms with Gasteiger partial charge < -0.3 is 10.1 Å². The third-order valence-electron chi connectivity index (χ3n) is 2.97. The van der Waals surface area contributed by atoms with Crippen molar-refractivity contribution in [2.24, 2.45) is 0 Å². The van der Waals surface area contributed by atoms with Gasteiger partial charge in [0.1, 0.15) is 11.9 Å². The zero-order valence-corrected chi connectivity index (χ0v) is 12.1. The molecule has 0 aliphatic carbocycles. The Morgan fingerprint density at radius 1 is 1.32 bits per heavy atom. The van der Waals surface area contributed by atoms with Gasteiger partial charge in [-0.1, -0.05) is 39.7 Å². The van der Waals surface area contributed by atoms with E-state index >= 15 is 0 Å². The van der Waals surface area contributed by atoms with Gasteiger partial charge in [-0.05, 0) is 23.8 Å². The number of rotatable bonds is 1. The highest BCUT2D eigenvalue weighted by atomic mass is 79.9. The molecule has 0 fully saturated rings. The molecule has 0 bridgehead atoms. The molecular formula is C14H10BrClFNO. The molecule has 1 unspecified atom stereocenters. The second-order valence-electron chi connectivity index (χ2n) is 4.31. The Labute approximate surface area is 123 Å². The molecule has 2 aromatic carbocycles. The van der Waals surface area contributed by atoms with Crippen molar-refractivity contribution in [2.75, 3.05) is 11.9 Å². The minimum absolute atomic E-state index is 0.145. The predicted octanol–water partition coefficient (Wildman–Crippen LogP) is 4.79. The monoisotopic (exact) mass is 341 g/mol. The van der Waals surface area contributed by atoms with Crippen molar-refractivity contribution in [3.63, 3.8) is 0 Å². The zero-order chi connectivity index (χ0) is 13.4. The topological polar surface area (TPSA) is 21.3 Å². The molecule has 0 saturated heterocycles. The van der Waals surface area contributed by atoms with Gasteiger partial charge in [-0.25, -0.2) is 4.39 Å². The maximum atomic E-state index is 13.2. The van der Waals surface area contributed by atoms with E-state index in [1.807, 2.05) is 24.3 Å². The van der Waals surface area contributed by atoms with Gasteiger partial charge in [-0.15, -0.1) is 0 Å². The van der Waals surface area contributed by atoms with Crippen LogP contribution in [0.4, 0.5) is 10.1 Å². The van der Waals surface area contributed by atoms with Crippen LogP contribution in [0.2, 0.25) is 5.02 Å². The van der Waals surface area contributed by atoms with Crippen LogP contribution in [-0.4, -0.2) is 6.54 Å². The molecule has 0 saturated carbocycles. The van der Waals surface area contributed by atoms with Gasteiger partial charge in [0.2, 0.25) is 0 Å². The first-order valence-corrected chi connectivity index (χ1v) is 6.95. The number of hydrogen-bond acceptors (Lipinski definition) is 2. The molecule has 0 aromatic heterocycles. The predicted molar refractivity (Wildman–Crippen MR) is 77.4 cm³/mol. The lowest BCUT2D eigenvalue weighted by Crippen LogP contribution is -2.23. The number of benzene rings is 2. The van der Waals surface area contributed by atoms with Crippen molar-refractivity contribution >= 4 is 33.2 Å². The fourth-order valence-electron chi connectivity index (χ4n) is 2.09. The van der Waals surface area contributed by atoms with Crippen LogP contribution < -0.4 is 10.1 Å². The average molecular weight is 343 g/mol. The number of halogens is 3. The number of nitrogens with one attached hydrogen (secondary N) is 1. The van der Waals surface area contributed by atoms with Crippen molar-refractivity contribution in [3.05, 3.63) is 57.3 Å². The lowest BCUT2D eigenvalue weighted by molar-refractivity contribution is 0.210. The van der Waals surface area contributed by atoms with Crippen LogP contribution >= 0.6 is 27.5 Å². The van der Waals surface area contributed by atoms with E-state index in [1.54, 1.807) is 0 Å². The summed E-state index contributed by atoms with van der Waals surface area (Å²) in [6, 6.07) is 10.5. The van der Waals surface area contributed by atoms with Gasteiger partial charge in [0.25, 0.3) is 0 Å². The first kappa shape index (κ1) is 12.8. The second-order valence-corrected chi connectivity index (χ2v) is 5.63. The smallest absolute Gasteiger partial charge is 0.162 e. The molecule has 2 aromatic rings. The molecule has 1 N–H and O–H groups in total. The first-order chi connectivity index (χ1) is 9.13. The molecule has 1 heterocycles. The highest BCUT2D eigenvalue weighted by molar-refractivity contribution is 9.10. The molecule has 1 aliphatic heterocycles. The van der Waals surface area contributed by atoms with Crippen molar-refractivity contribution in [1.82, 2.24) is 0 Å². The minimum Gasteiger partial charge on any atom is -0.480 e. The van der Waals surface area contributed by atoms with Gasteiger partial charge in [0, 0.05) is 10.5 Å². The van der Waals surface area contributed by atoms with Crippen LogP contribution in [0.25, 0.3) is 0 Å². The SMILES string of the molecule is Fc1cc(Cl)c2c(c1)NCC(c1cccc(Br)c1)O2. The summed E-state index contributed by atoms with van der Waals surface area (Å²) in [5, 5.41) is 3.43.